The minimum atomic E-state index is -0.907. The lowest BCUT2D eigenvalue weighted by Gasteiger charge is -1.92. The van der Waals surface area contributed by atoms with E-state index in [1.165, 1.54) is 14.2 Å². The summed E-state index contributed by atoms with van der Waals surface area (Å²) >= 11 is 0. The van der Waals surface area contributed by atoms with Crippen molar-refractivity contribution in [3.05, 3.63) is 0 Å². The van der Waals surface area contributed by atoms with Gasteiger partial charge in [-0.05, 0) is 12.8 Å². The Morgan fingerprint density at radius 1 is 0.750 bits per heavy atom. The van der Waals surface area contributed by atoms with Gasteiger partial charge in [-0.2, -0.15) is 0 Å². The average molecular weight is 288 g/mol. The largest absolute Gasteiger partial charge is 0.481 e. The van der Waals surface area contributed by atoms with Gasteiger partial charge in [0.25, 0.3) is 0 Å². The molecule has 0 amide bonds. The highest BCUT2D eigenvalue weighted by atomic mass is 16.5. The molecule has 0 saturated heterocycles. The molecule has 0 aromatic carbocycles. The van der Waals surface area contributed by atoms with E-state index < -0.39 is 35.7 Å². The van der Waals surface area contributed by atoms with Crippen LogP contribution in [0.3, 0.4) is 0 Å². The zero-order valence-corrected chi connectivity index (χ0v) is 11.1. The zero-order valence-electron chi connectivity index (χ0n) is 11.1. The van der Waals surface area contributed by atoms with E-state index in [4.69, 9.17) is 10.2 Å². The van der Waals surface area contributed by atoms with Crippen molar-refractivity contribution in [1.82, 2.24) is 0 Å². The smallest absolute Gasteiger partial charge is 0.309 e. The van der Waals surface area contributed by atoms with Gasteiger partial charge in [0.15, 0.2) is 0 Å². The zero-order chi connectivity index (χ0) is 15.4. The maximum Gasteiger partial charge on any atom is 0.309 e. The highest BCUT2D eigenvalue weighted by Crippen LogP contribution is 2.39. The summed E-state index contributed by atoms with van der Waals surface area (Å²) in [5.74, 6) is -4.39. The molecular formula is C12H16O8. The van der Waals surface area contributed by atoms with Gasteiger partial charge in [-0.1, -0.05) is 0 Å². The third kappa shape index (κ3) is 3.94. The molecule has 2 N–H and O–H groups in total. The maximum absolute atomic E-state index is 10.6. The number of hydrogen-bond donors (Lipinski definition) is 2. The molecule has 0 aromatic rings. The van der Waals surface area contributed by atoms with Gasteiger partial charge in [0.2, 0.25) is 0 Å². The SMILES string of the molecule is COC(=O)[C@@H]1C[C@H]1C(=O)O.COC(=O)[C@H]1C[C@@H]1C(=O)O. The van der Waals surface area contributed by atoms with Crippen LogP contribution >= 0.6 is 0 Å². The fourth-order valence-electron chi connectivity index (χ4n) is 1.76. The first-order valence-corrected chi connectivity index (χ1v) is 5.94. The standard InChI is InChI=1S/2C6H8O4/c2*1-10-6(9)4-2-3(4)5(7)8/h2*3-4H,2H2,1H3,(H,7,8)/t2*3-,4-/m10/s1. The van der Waals surface area contributed by atoms with E-state index in [1.807, 2.05) is 0 Å². The number of ether oxygens (including phenoxy) is 2. The first kappa shape index (κ1) is 15.9. The molecule has 8 nitrogen and oxygen atoms in total. The third-order valence-electron chi connectivity index (χ3n) is 3.22. The van der Waals surface area contributed by atoms with E-state index >= 15 is 0 Å². The molecule has 0 radical (unpaired) electrons. The van der Waals surface area contributed by atoms with Crippen molar-refractivity contribution in [3.63, 3.8) is 0 Å². The number of carboxylic acids is 2. The van der Waals surface area contributed by atoms with Gasteiger partial charge < -0.3 is 19.7 Å². The Morgan fingerprint density at radius 3 is 1.20 bits per heavy atom. The number of aliphatic carboxylic acids is 2. The van der Waals surface area contributed by atoms with Crippen LogP contribution in [0.4, 0.5) is 0 Å². The van der Waals surface area contributed by atoms with E-state index in [2.05, 4.69) is 9.47 Å². The van der Waals surface area contributed by atoms with Crippen molar-refractivity contribution in [1.29, 1.82) is 0 Å². The second-order valence-corrected chi connectivity index (χ2v) is 4.62. The molecule has 0 aromatic heterocycles. The lowest BCUT2D eigenvalue weighted by molar-refractivity contribution is -0.146. The summed E-state index contributed by atoms with van der Waals surface area (Å²) in [5.41, 5.74) is 0. The lowest BCUT2D eigenvalue weighted by Crippen LogP contribution is -2.08. The summed E-state index contributed by atoms with van der Waals surface area (Å²) in [6.07, 6.45) is 0.865. The molecule has 0 unspecified atom stereocenters. The molecule has 4 atom stereocenters. The van der Waals surface area contributed by atoms with Crippen LogP contribution in [0.1, 0.15) is 12.8 Å². The quantitative estimate of drug-likeness (QED) is 0.678. The topological polar surface area (TPSA) is 127 Å². The normalized spacial score (nSPS) is 29.3. The summed E-state index contributed by atoms with van der Waals surface area (Å²) in [7, 11) is 2.53. The van der Waals surface area contributed by atoms with Crippen molar-refractivity contribution >= 4 is 23.9 Å². The molecule has 2 aliphatic rings. The second kappa shape index (κ2) is 6.36. The van der Waals surface area contributed by atoms with Gasteiger partial charge in [-0.15, -0.1) is 0 Å². The van der Waals surface area contributed by atoms with Gasteiger partial charge in [0.1, 0.15) is 0 Å². The van der Waals surface area contributed by atoms with Gasteiger partial charge >= 0.3 is 23.9 Å². The Labute approximate surface area is 114 Å². The second-order valence-electron chi connectivity index (χ2n) is 4.62. The molecule has 0 bridgehead atoms. The van der Waals surface area contributed by atoms with Gasteiger partial charge in [-0.25, -0.2) is 0 Å². The van der Waals surface area contributed by atoms with Crippen molar-refractivity contribution in [2.45, 2.75) is 12.8 Å². The molecule has 8 heteroatoms. The Morgan fingerprint density at radius 2 is 1.05 bits per heavy atom. The van der Waals surface area contributed by atoms with E-state index in [9.17, 15) is 19.2 Å². The number of carbonyl (C=O) groups is 4. The number of carbonyl (C=O) groups excluding carboxylic acids is 2. The van der Waals surface area contributed by atoms with Gasteiger partial charge in [-0.3, -0.25) is 19.2 Å². The maximum atomic E-state index is 10.6. The van der Waals surface area contributed by atoms with Crippen molar-refractivity contribution in [2.75, 3.05) is 14.2 Å². The predicted molar refractivity (Wildman–Crippen MR) is 62.5 cm³/mol. The average Bonchev–Trinajstić information content (AvgIpc) is 3.28. The van der Waals surface area contributed by atoms with Crippen LogP contribution in [-0.2, 0) is 28.7 Å². The van der Waals surface area contributed by atoms with Crippen LogP contribution in [0, 0.1) is 23.7 Å². The first-order valence-electron chi connectivity index (χ1n) is 5.94. The van der Waals surface area contributed by atoms with Crippen LogP contribution in [-0.4, -0.2) is 48.3 Å². The molecule has 2 rings (SSSR count). The fourth-order valence-corrected chi connectivity index (χ4v) is 1.76. The minimum absolute atomic E-state index is 0.387. The first-order chi connectivity index (χ1) is 9.33. The van der Waals surface area contributed by atoms with Crippen molar-refractivity contribution < 1.29 is 38.9 Å². The monoisotopic (exact) mass is 288 g/mol. The third-order valence-corrected chi connectivity index (χ3v) is 3.22. The van der Waals surface area contributed by atoms with E-state index in [0.29, 0.717) is 12.8 Å². The van der Waals surface area contributed by atoms with Crippen LogP contribution in [0.5, 0.6) is 0 Å². The molecule has 112 valence electrons. The van der Waals surface area contributed by atoms with Crippen LogP contribution in [0.15, 0.2) is 0 Å². The minimum Gasteiger partial charge on any atom is -0.481 e. The van der Waals surface area contributed by atoms with Crippen molar-refractivity contribution in [2.24, 2.45) is 23.7 Å². The molecule has 0 heterocycles. The number of carboxylic acid groups (broad SMARTS) is 2. The van der Waals surface area contributed by atoms with Gasteiger partial charge in [0, 0.05) is 0 Å². The van der Waals surface area contributed by atoms with E-state index in [0.717, 1.165) is 0 Å². The summed E-state index contributed by atoms with van der Waals surface area (Å²) in [4.78, 5) is 41.6. The Kier molecular flexibility index (Phi) is 5.06. The Hall–Kier alpha value is -2.12. The van der Waals surface area contributed by atoms with Crippen LogP contribution < -0.4 is 0 Å². The lowest BCUT2D eigenvalue weighted by atomic mass is 10.3. The number of methoxy groups -OCH3 is 2. The van der Waals surface area contributed by atoms with Gasteiger partial charge in [0.05, 0.1) is 37.9 Å². The Balaban J connectivity index is 0.000000200. The van der Waals surface area contributed by atoms with Crippen LogP contribution in [0.25, 0.3) is 0 Å². The summed E-state index contributed by atoms with van der Waals surface area (Å²) in [6, 6.07) is 0. The molecule has 20 heavy (non-hydrogen) atoms. The number of hydrogen-bond acceptors (Lipinski definition) is 6. The molecule has 2 saturated carbocycles. The molecule has 0 spiro atoms. The van der Waals surface area contributed by atoms with E-state index in [-0.39, 0.29) is 11.8 Å². The number of esters is 2. The Bertz CT molecular complexity index is 389. The summed E-state index contributed by atoms with van der Waals surface area (Å²) < 4.78 is 8.70. The molecule has 0 aliphatic heterocycles. The molecule has 2 fully saturated rings. The highest BCUT2D eigenvalue weighted by Gasteiger charge is 2.49. The summed E-state index contributed by atoms with van der Waals surface area (Å²) in [6.45, 7) is 0. The summed E-state index contributed by atoms with van der Waals surface area (Å²) in [5, 5.41) is 16.7. The fraction of sp³-hybridized carbons (Fsp3) is 0.667. The highest BCUT2D eigenvalue weighted by molar-refractivity contribution is 5.86. The molecular weight excluding hydrogens is 272 g/mol. The molecule has 2 aliphatic carbocycles. The van der Waals surface area contributed by atoms with Crippen molar-refractivity contribution in [3.8, 4) is 0 Å². The number of rotatable bonds is 4. The van der Waals surface area contributed by atoms with E-state index in [1.54, 1.807) is 0 Å². The van der Waals surface area contributed by atoms with Crippen LogP contribution in [0.2, 0.25) is 0 Å². The predicted octanol–water partition coefficient (Wildman–Crippen LogP) is -0.240.